The molecule has 0 fully saturated rings. The molecular weight excluding hydrogens is 172 g/mol. The largest absolute Gasteiger partial charge is 0.767 e. The van der Waals surface area contributed by atoms with Crippen molar-refractivity contribution in [1.29, 1.82) is 0 Å². The Morgan fingerprint density at radius 2 is 1.42 bits per heavy atom. The van der Waals surface area contributed by atoms with Crippen LogP contribution in [-0.4, -0.2) is 21.4 Å². The molecule has 0 heterocycles. The van der Waals surface area contributed by atoms with Crippen LogP contribution in [0.2, 0.25) is 0 Å². The van der Waals surface area contributed by atoms with E-state index in [1.807, 2.05) is 27.7 Å². The van der Waals surface area contributed by atoms with Gasteiger partial charge in [0, 0.05) is 0 Å². The number of rotatable bonds is 6. The van der Waals surface area contributed by atoms with Gasteiger partial charge in [0.1, 0.15) is 0 Å². The van der Waals surface area contributed by atoms with Gasteiger partial charge in [-0.15, -0.1) is 0 Å². The van der Waals surface area contributed by atoms with Crippen LogP contribution in [0.3, 0.4) is 0 Å². The van der Waals surface area contributed by atoms with E-state index >= 15 is 0 Å². The first-order valence-corrected chi connectivity index (χ1v) is 5.69. The average Bonchev–Trinajstić information content (AvgIpc) is 2.03. The summed E-state index contributed by atoms with van der Waals surface area (Å²) in [5.41, 5.74) is 0. The van der Waals surface area contributed by atoms with Gasteiger partial charge in [0.2, 0.25) is 0 Å². The zero-order valence-corrected chi connectivity index (χ0v) is 9.29. The van der Waals surface area contributed by atoms with Crippen LogP contribution in [0.4, 0.5) is 0 Å². The van der Waals surface area contributed by atoms with Crippen LogP contribution >= 0.6 is 0 Å². The molecule has 0 radical (unpaired) electrons. The number of hydrogen-bond acceptors (Lipinski definition) is 3. The van der Waals surface area contributed by atoms with E-state index in [-0.39, 0.29) is 12.2 Å². The van der Waals surface area contributed by atoms with Crippen molar-refractivity contribution < 1.29 is 13.3 Å². The highest BCUT2D eigenvalue weighted by molar-refractivity contribution is 6.26. The highest BCUT2D eigenvalue weighted by Gasteiger charge is 2.16. The second kappa shape index (κ2) is 6.17. The summed E-state index contributed by atoms with van der Waals surface area (Å²) in [6.07, 6.45) is 1.78. The van der Waals surface area contributed by atoms with Crippen molar-refractivity contribution in [2.45, 2.75) is 52.7 Å². The molecule has 72 valence electrons. The fourth-order valence-corrected chi connectivity index (χ4v) is 1.57. The maximum absolute atomic E-state index is 11.1. The van der Waals surface area contributed by atoms with E-state index < -0.39 is 9.17 Å². The van der Waals surface area contributed by atoms with Crippen molar-refractivity contribution >= 4 is 9.17 Å². The quantitative estimate of drug-likeness (QED) is 0.601. The van der Waals surface area contributed by atoms with Crippen LogP contribution in [-0.2, 0) is 13.3 Å². The highest BCUT2D eigenvalue weighted by atomic mass is 28.3. The first kappa shape index (κ1) is 11.6. The molecule has 0 aliphatic rings. The first-order valence-electron chi connectivity index (χ1n) is 4.47. The fourth-order valence-electron chi connectivity index (χ4n) is 0.523. The standard InChI is InChI=1S/C8H18O3Si/c1-5-7(3)10-12(9)11-8(4)6-2/h7-8H,5-6H2,1-4H3. The summed E-state index contributed by atoms with van der Waals surface area (Å²) in [6, 6.07) is 0. The van der Waals surface area contributed by atoms with Gasteiger partial charge < -0.3 is 8.85 Å². The first-order chi connectivity index (χ1) is 5.60. The Kier molecular flexibility index (Phi) is 5.97. The van der Waals surface area contributed by atoms with Crippen LogP contribution < -0.4 is 0 Å². The van der Waals surface area contributed by atoms with E-state index in [9.17, 15) is 4.46 Å². The molecule has 0 aromatic carbocycles. The van der Waals surface area contributed by atoms with Gasteiger partial charge >= 0.3 is 9.17 Å². The van der Waals surface area contributed by atoms with E-state index in [4.69, 9.17) is 8.85 Å². The summed E-state index contributed by atoms with van der Waals surface area (Å²) in [5, 5.41) is 0. The highest BCUT2D eigenvalue weighted by Crippen LogP contribution is 2.00. The summed E-state index contributed by atoms with van der Waals surface area (Å²) >= 11 is 0. The summed E-state index contributed by atoms with van der Waals surface area (Å²) in [6.45, 7) is 7.76. The molecule has 0 bridgehead atoms. The minimum absolute atomic E-state index is 0.0282. The Labute approximate surface area is 76.0 Å². The van der Waals surface area contributed by atoms with Crippen molar-refractivity contribution in [2.24, 2.45) is 0 Å². The van der Waals surface area contributed by atoms with Crippen LogP contribution in [0.1, 0.15) is 40.5 Å². The van der Waals surface area contributed by atoms with Crippen molar-refractivity contribution in [1.82, 2.24) is 0 Å². The monoisotopic (exact) mass is 190 g/mol. The van der Waals surface area contributed by atoms with Gasteiger partial charge in [-0.2, -0.15) is 0 Å². The molecule has 12 heavy (non-hydrogen) atoms. The molecule has 0 aliphatic carbocycles. The minimum Gasteiger partial charge on any atom is -0.494 e. The van der Waals surface area contributed by atoms with Crippen LogP contribution in [0.25, 0.3) is 0 Å². The lowest BCUT2D eigenvalue weighted by Gasteiger charge is -2.13. The molecule has 0 aliphatic heterocycles. The SMILES string of the molecule is CCC(C)O[Si](=O)OC(C)CC. The normalized spacial score (nSPS) is 15.0. The molecule has 0 spiro atoms. The molecule has 0 aromatic heterocycles. The maximum Gasteiger partial charge on any atom is 0.767 e. The van der Waals surface area contributed by atoms with Crippen LogP contribution in [0.15, 0.2) is 0 Å². The zero-order chi connectivity index (χ0) is 9.56. The predicted octanol–water partition coefficient (Wildman–Crippen LogP) is 2.03. The number of hydrogen-bond donors (Lipinski definition) is 0. The van der Waals surface area contributed by atoms with Crippen molar-refractivity contribution in [3.8, 4) is 0 Å². The van der Waals surface area contributed by atoms with Gasteiger partial charge in [0.05, 0.1) is 12.2 Å². The Hall–Kier alpha value is -0.383. The molecule has 2 unspecified atom stereocenters. The van der Waals surface area contributed by atoms with Crippen molar-refractivity contribution in [2.75, 3.05) is 0 Å². The molecule has 4 heteroatoms. The lowest BCUT2D eigenvalue weighted by Crippen LogP contribution is -2.23. The minimum atomic E-state index is -2.26. The smallest absolute Gasteiger partial charge is 0.494 e. The van der Waals surface area contributed by atoms with E-state index in [1.54, 1.807) is 0 Å². The Morgan fingerprint density at radius 3 is 1.67 bits per heavy atom. The summed E-state index contributed by atoms with van der Waals surface area (Å²) in [5.74, 6) is 0. The third-order valence-corrected chi connectivity index (χ3v) is 2.93. The third kappa shape index (κ3) is 5.29. The molecule has 0 aromatic rings. The van der Waals surface area contributed by atoms with Gasteiger partial charge in [-0.25, -0.2) is 0 Å². The summed E-state index contributed by atoms with van der Waals surface area (Å²) in [7, 11) is -2.26. The van der Waals surface area contributed by atoms with Gasteiger partial charge in [0.15, 0.2) is 0 Å². The van der Waals surface area contributed by atoms with Gasteiger partial charge in [-0.1, -0.05) is 13.8 Å². The van der Waals surface area contributed by atoms with Gasteiger partial charge in [-0.05, 0) is 26.7 Å². The lowest BCUT2D eigenvalue weighted by atomic mass is 10.3. The Balaban J connectivity index is 3.59. The molecule has 0 saturated carbocycles. The molecule has 0 rings (SSSR count). The van der Waals surface area contributed by atoms with E-state index in [1.165, 1.54) is 0 Å². The Bertz CT molecular complexity index is 124. The van der Waals surface area contributed by atoms with Crippen LogP contribution in [0.5, 0.6) is 0 Å². The summed E-state index contributed by atoms with van der Waals surface area (Å²) in [4.78, 5) is 0. The van der Waals surface area contributed by atoms with E-state index in [0.717, 1.165) is 12.8 Å². The predicted molar refractivity (Wildman–Crippen MR) is 48.1 cm³/mol. The summed E-state index contributed by atoms with van der Waals surface area (Å²) < 4.78 is 21.3. The second-order valence-electron chi connectivity index (χ2n) is 2.92. The molecule has 0 saturated heterocycles. The maximum atomic E-state index is 11.1. The van der Waals surface area contributed by atoms with Crippen molar-refractivity contribution in [3.05, 3.63) is 0 Å². The van der Waals surface area contributed by atoms with Crippen molar-refractivity contribution in [3.63, 3.8) is 0 Å². The average molecular weight is 190 g/mol. The van der Waals surface area contributed by atoms with Gasteiger partial charge in [-0.3, -0.25) is 4.46 Å². The van der Waals surface area contributed by atoms with Crippen LogP contribution in [0, 0.1) is 0 Å². The lowest BCUT2D eigenvalue weighted by molar-refractivity contribution is 0.0923. The Morgan fingerprint density at radius 1 is 1.08 bits per heavy atom. The van der Waals surface area contributed by atoms with E-state index in [2.05, 4.69) is 0 Å². The third-order valence-electron chi connectivity index (χ3n) is 1.74. The molecule has 3 nitrogen and oxygen atoms in total. The molecule has 0 amide bonds. The van der Waals surface area contributed by atoms with Gasteiger partial charge in [0.25, 0.3) is 0 Å². The second-order valence-corrected chi connectivity index (χ2v) is 3.89. The fraction of sp³-hybridized carbons (Fsp3) is 1.00. The molecule has 0 N–H and O–H groups in total. The zero-order valence-electron chi connectivity index (χ0n) is 8.29. The molecular formula is C8H18O3Si. The topological polar surface area (TPSA) is 35.5 Å². The van der Waals surface area contributed by atoms with E-state index in [0.29, 0.717) is 0 Å². The molecule has 2 atom stereocenters.